The molecular formula is C36H70O4. The van der Waals surface area contributed by atoms with E-state index in [0.29, 0.717) is 19.6 Å². The van der Waals surface area contributed by atoms with Crippen LogP contribution in [0.5, 0.6) is 0 Å². The summed E-state index contributed by atoms with van der Waals surface area (Å²) in [4.78, 5) is 12.0. The fraction of sp³-hybridized carbons (Fsp3) is 0.917. The zero-order valence-corrected chi connectivity index (χ0v) is 27.1. The fourth-order valence-electron chi connectivity index (χ4n) is 5.15. The van der Waals surface area contributed by atoms with E-state index in [0.717, 1.165) is 19.3 Å². The number of unbranched alkanes of at least 4 members (excludes halogenated alkanes) is 23. The Kier molecular flexibility index (Phi) is 33.6. The first-order chi connectivity index (χ1) is 19.7. The van der Waals surface area contributed by atoms with Gasteiger partial charge in [-0.15, -0.1) is 0 Å². The summed E-state index contributed by atoms with van der Waals surface area (Å²) in [5.74, 6) is -0.204. The van der Waals surface area contributed by atoms with Crippen LogP contribution < -0.4 is 0 Å². The first-order valence-electron chi connectivity index (χ1n) is 17.8. The molecule has 1 atom stereocenters. The highest BCUT2D eigenvalue weighted by atomic mass is 16.6. The molecule has 0 radical (unpaired) electrons. The number of allylic oxidation sites excluding steroid dienone is 2. The molecule has 238 valence electrons. The Hall–Kier alpha value is -0.870. The van der Waals surface area contributed by atoms with Gasteiger partial charge in [0.25, 0.3) is 0 Å². The number of hydrogen-bond acceptors (Lipinski definition) is 4. The van der Waals surface area contributed by atoms with Crippen molar-refractivity contribution < 1.29 is 19.4 Å². The molecule has 0 bridgehead atoms. The number of aliphatic hydroxyl groups is 1. The Labute approximate surface area is 250 Å². The first kappa shape index (κ1) is 39.1. The largest absolute Gasteiger partial charge is 0.457 e. The number of carbonyl (C=O) groups excluding carboxylic acids is 1. The summed E-state index contributed by atoms with van der Waals surface area (Å²) in [5.41, 5.74) is 0. The van der Waals surface area contributed by atoms with Gasteiger partial charge in [0.15, 0.2) is 0 Å². The SMILES string of the molecule is CCCCCCCC/C=C\CCCCCCCCCCCCOCC(CO)OC(=O)CCCCCCCCCC. The van der Waals surface area contributed by atoms with Gasteiger partial charge in [0.05, 0.1) is 13.2 Å². The van der Waals surface area contributed by atoms with Crippen LogP contribution in [0.2, 0.25) is 0 Å². The highest BCUT2D eigenvalue weighted by Gasteiger charge is 2.13. The topological polar surface area (TPSA) is 55.8 Å². The van der Waals surface area contributed by atoms with Gasteiger partial charge >= 0.3 is 5.97 Å². The number of rotatable bonds is 33. The van der Waals surface area contributed by atoms with Crippen LogP contribution in [-0.4, -0.2) is 37.0 Å². The molecule has 0 aliphatic carbocycles. The molecule has 0 spiro atoms. The second-order valence-corrected chi connectivity index (χ2v) is 11.9. The summed E-state index contributed by atoms with van der Waals surface area (Å²) in [5, 5.41) is 9.50. The van der Waals surface area contributed by atoms with Crippen molar-refractivity contribution in [1.29, 1.82) is 0 Å². The van der Waals surface area contributed by atoms with E-state index < -0.39 is 6.10 Å². The maximum absolute atomic E-state index is 12.0. The van der Waals surface area contributed by atoms with Crippen molar-refractivity contribution in [2.45, 2.75) is 193 Å². The highest BCUT2D eigenvalue weighted by Crippen LogP contribution is 2.13. The molecule has 0 rings (SSSR count). The van der Waals surface area contributed by atoms with Crippen LogP contribution in [0.15, 0.2) is 12.2 Å². The Morgan fingerprint density at radius 2 is 0.975 bits per heavy atom. The van der Waals surface area contributed by atoms with Crippen LogP contribution in [-0.2, 0) is 14.3 Å². The number of hydrogen-bond donors (Lipinski definition) is 1. The molecule has 4 nitrogen and oxygen atoms in total. The van der Waals surface area contributed by atoms with E-state index in [1.165, 1.54) is 148 Å². The van der Waals surface area contributed by atoms with Crippen molar-refractivity contribution in [3.63, 3.8) is 0 Å². The molecule has 0 aliphatic rings. The minimum absolute atomic E-state index is 0.168. The van der Waals surface area contributed by atoms with Crippen LogP contribution in [0.4, 0.5) is 0 Å². The van der Waals surface area contributed by atoms with E-state index in [-0.39, 0.29) is 12.6 Å². The van der Waals surface area contributed by atoms with Crippen molar-refractivity contribution in [2.24, 2.45) is 0 Å². The lowest BCUT2D eigenvalue weighted by Gasteiger charge is -2.16. The molecule has 4 heteroatoms. The number of aliphatic hydroxyl groups excluding tert-OH is 1. The van der Waals surface area contributed by atoms with Crippen molar-refractivity contribution in [2.75, 3.05) is 19.8 Å². The van der Waals surface area contributed by atoms with Crippen LogP contribution in [0.25, 0.3) is 0 Å². The predicted octanol–water partition coefficient (Wildman–Crippen LogP) is 11.0. The molecule has 0 aromatic carbocycles. The van der Waals surface area contributed by atoms with Gasteiger partial charge in [0.1, 0.15) is 6.10 Å². The van der Waals surface area contributed by atoms with E-state index in [9.17, 15) is 9.90 Å². The van der Waals surface area contributed by atoms with Gasteiger partial charge < -0.3 is 14.6 Å². The van der Waals surface area contributed by atoms with Gasteiger partial charge in [-0.05, 0) is 38.5 Å². The molecular weight excluding hydrogens is 496 g/mol. The summed E-state index contributed by atoms with van der Waals surface area (Å²) in [6.45, 7) is 5.33. The maximum Gasteiger partial charge on any atom is 0.306 e. The first-order valence-corrected chi connectivity index (χ1v) is 17.8. The van der Waals surface area contributed by atoms with Crippen molar-refractivity contribution in [1.82, 2.24) is 0 Å². The van der Waals surface area contributed by atoms with Crippen LogP contribution >= 0.6 is 0 Å². The standard InChI is InChI=1S/C36H70O4/c1-3-5-7-9-11-13-14-15-16-17-18-19-20-21-22-23-24-26-28-30-32-39-34-35(33-37)40-36(38)31-29-27-25-12-10-8-6-4-2/h15-16,35,37H,3-14,17-34H2,1-2H3/b16-15-. The fourth-order valence-corrected chi connectivity index (χ4v) is 5.15. The second kappa shape index (κ2) is 34.3. The molecule has 0 fully saturated rings. The summed E-state index contributed by atoms with van der Waals surface area (Å²) >= 11 is 0. The molecule has 0 amide bonds. The van der Waals surface area contributed by atoms with E-state index in [4.69, 9.17) is 9.47 Å². The third kappa shape index (κ3) is 31.7. The van der Waals surface area contributed by atoms with Crippen LogP contribution in [0.1, 0.15) is 187 Å². The summed E-state index contributed by atoms with van der Waals surface area (Å²) in [6, 6.07) is 0. The minimum atomic E-state index is -0.525. The maximum atomic E-state index is 12.0. The smallest absolute Gasteiger partial charge is 0.306 e. The Bertz CT molecular complexity index is 519. The number of esters is 1. The molecule has 1 unspecified atom stereocenters. The molecule has 0 saturated carbocycles. The van der Waals surface area contributed by atoms with Gasteiger partial charge in [0, 0.05) is 13.0 Å². The summed E-state index contributed by atoms with van der Waals surface area (Å²) < 4.78 is 11.1. The Morgan fingerprint density at radius 1 is 0.575 bits per heavy atom. The number of ether oxygens (including phenoxy) is 2. The third-order valence-corrected chi connectivity index (χ3v) is 7.84. The van der Waals surface area contributed by atoms with Crippen molar-refractivity contribution in [3.05, 3.63) is 12.2 Å². The molecule has 0 heterocycles. The Balaban J connectivity index is 3.36. The second-order valence-electron chi connectivity index (χ2n) is 11.9. The lowest BCUT2D eigenvalue weighted by atomic mass is 10.1. The molecule has 40 heavy (non-hydrogen) atoms. The lowest BCUT2D eigenvalue weighted by molar-refractivity contribution is -0.154. The zero-order valence-electron chi connectivity index (χ0n) is 27.1. The van der Waals surface area contributed by atoms with E-state index >= 15 is 0 Å². The van der Waals surface area contributed by atoms with Gasteiger partial charge in [-0.25, -0.2) is 0 Å². The molecule has 1 N–H and O–H groups in total. The monoisotopic (exact) mass is 567 g/mol. The minimum Gasteiger partial charge on any atom is -0.457 e. The average Bonchev–Trinajstić information content (AvgIpc) is 2.96. The normalized spacial score (nSPS) is 12.4. The quantitative estimate of drug-likeness (QED) is 0.0487. The molecule has 0 aromatic rings. The van der Waals surface area contributed by atoms with Crippen molar-refractivity contribution in [3.8, 4) is 0 Å². The highest BCUT2D eigenvalue weighted by molar-refractivity contribution is 5.69. The van der Waals surface area contributed by atoms with E-state index in [1.807, 2.05) is 0 Å². The lowest BCUT2D eigenvalue weighted by Crippen LogP contribution is -2.27. The Morgan fingerprint density at radius 3 is 1.43 bits per heavy atom. The van der Waals surface area contributed by atoms with Gasteiger partial charge in [-0.2, -0.15) is 0 Å². The van der Waals surface area contributed by atoms with E-state index in [2.05, 4.69) is 26.0 Å². The van der Waals surface area contributed by atoms with Crippen LogP contribution in [0.3, 0.4) is 0 Å². The van der Waals surface area contributed by atoms with Crippen LogP contribution in [0, 0.1) is 0 Å². The summed E-state index contributed by atoms with van der Waals surface area (Å²) in [6.07, 6.45) is 38.3. The summed E-state index contributed by atoms with van der Waals surface area (Å²) in [7, 11) is 0. The zero-order chi connectivity index (χ0) is 29.2. The van der Waals surface area contributed by atoms with E-state index in [1.54, 1.807) is 0 Å². The molecule has 0 aromatic heterocycles. The average molecular weight is 567 g/mol. The molecule has 0 saturated heterocycles. The predicted molar refractivity (Wildman–Crippen MR) is 173 cm³/mol. The van der Waals surface area contributed by atoms with Gasteiger partial charge in [-0.1, -0.05) is 154 Å². The van der Waals surface area contributed by atoms with Gasteiger partial charge in [-0.3, -0.25) is 4.79 Å². The van der Waals surface area contributed by atoms with Gasteiger partial charge in [0.2, 0.25) is 0 Å². The molecule has 0 aliphatic heterocycles. The number of carbonyl (C=O) groups is 1. The van der Waals surface area contributed by atoms with Crippen molar-refractivity contribution >= 4 is 5.97 Å². The third-order valence-electron chi connectivity index (χ3n) is 7.84.